The summed E-state index contributed by atoms with van der Waals surface area (Å²) in [5, 5.41) is 0. The van der Waals surface area contributed by atoms with E-state index in [1.54, 1.807) is 0 Å². The molecule has 0 spiro atoms. The predicted octanol–water partition coefficient (Wildman–Crippen LogP) is 3.50. The summed E-state index contributed by atoms with van der Waals surface area (Å²) in [5.41, 5.74) is 7.15. The maximum absolute atomic E-state index is 5.97. The maximum atomic E-state index is 5.97. The van der Waals surface area contributed by atoms with E-state index in [1.165, 1.54) is 31.2 Å². The first-order valence-electron chi connectivity index (χ1n) is 7.26. The van der Waals surface area contributed by atoms with Crippen molar-refractivity contribution in [3.05, 3.63) is 22.3 Å². The molecule has 1 heterocycles. The molecular formula is C15H24BrN3. The number of hydrogen-bond acceptors (Lipinski definition) is 3. The van der Waals surface area contributed by atoms with E-state index in [2.05, 4.69) is 45.7 Å². The summed E-state index contributed by atoms with van der Waals surface area (Å²) in [6, 6.07) is 2.68. The fraction of sp³-hybridized carbons (Fsp3) is 0.667. The second-order valence-corrected chi connectivity index (χ2v) is 6.31. The highest BCUT2D eigenvalue weighted by molar-refractivity contribution is 9.10. The topological polar surface area (TPSA) is 42.2 Å². The van der Waals surface area contributed by atoms with E-state index in [0.717, 1.165) is 23.4 Å². The highest BCUT2D eigenvalue weighted by Crippen LogP contribution is 2.33. The normalized spacial score (nSPS) is 23.4. The summed E-state index contributed by atoms with van der Waals surface area (Å²) in [6.07, 6.45) is 7.06. The standard InChI is InChI=1S/C15H24BrN3/c1-3-19(14-7-5-4-6-12(14)9-17)15-13(16)8-11(2)10-18-15/h8,10,12,14H,3-7,9,17H2,1-2H3. The molecule has 1 aromatic rings. The van der Waals surface area contributed by atoms with Gasteiger partial charge in [0, 0.05) is 18.8 Å². The molecule has 2 atom stereocenters. The van der Waals surface area contributed by atoms with Crippen molar-refractivity contribution in [1.29, 1.82) is 0 Å². The molecule has 1 aliphatic rings. The average Bonchev–Trinajstić information content (AvgIpc) is 2.42. The van der Waals surface area contributed by atoms with Crippen LogP contribution in [-0.2, 0) is 0 Å². The van der Waals surface area contributed by atoms with E-state index in [0.29, 0.717) is 12.0 Å². The summed E-state index contributed by atoms with van der Waals surface area (Å²) in [5.74, 6) is 1.67. The molecule has 2 rings (SSSR count). The molecule has 0 amide bonds. The van der Waals surface area contributed by atoms with Crippen LogP contribution in [0.15, 0.2) is 16.7 Å². The number of aryl methyl sites for hydroxylation is 1. The number of aromatic nitrogens is 1. The lowest BCUT2D eigenvalue weighted by molar-refractivity contribution is 0.299. The Balaban J connectivity index is 2.27. The molecule has 1 aromatic heterocycles. The fourth-order valence-electron chi connectivity index (χ4n) is 3.15. The smallest absolute Gasteiger partial charge is 0.143 e. The SMILES string of the molecule is CCN(c1ncc(C)cc1Br)C1CCCCC1CN. The number of pyridine rings is 1. The lowest BCUT2D eigenvalue weighted by atomic mass is 9.83. The number of nitrogens with zero attached hydrogens (tertiary/aromatic N) is 2. The Morgan fingerprint density at radius 1 is 1.42 bits per heavy atom. The molecule has 19 heavy (non-hydrogen) atoms. The van der Waals surface area contributed by atoms with Gasteiger partial charge in [0.05, 0.1) is 4.47 Å². The van der Waals surface area contributed by atoms with Gasteiger partial charge >= 0.3 is 0 Å². The largest absolute Gasteiger partial charge is 0.353 e. The van der Waals surface area contributed by atoms with Crippen LogP contribution in [0.25, 0.3) is 0 Å². The van der Waals surface area contributed by atoms with Crippen molar-refractivity contribution in [3.63, 3.8) is 0 Å². The highest BCUT2D eigenvalue weighted by Gasteiger charge is 2.30. The molecule has 2 N–H and O–H groups in total. The summed E-state index contributed by atoms with van der Waals surface area (Å²) in [7, 11) is 0. The molecule has 0 aromatic carbocycles. The lowest BCUT2D eigenvalue weighted by Gasteiger charge is -2.40. The van der Waals surface area contributed by atoms with E-state index >= 15 is 0 Å². The minimum absolute atomic E-state index is 0.537. The maximum Gasteiger partial charge on any atom is 0.143 e. The van der Waals surface area contributed by atoms with Crippen LogP contribution in [0.3, 0.4) is 0 Å². The molecule has 106 valence electrons. The van der Waals surface area contributed by atoms with Gasteiger partial charge in [-0.15, -0.1) is 0 Å². The van der Waals surface area contributed by atoms with Crippen LogP contribution in [0, 0.1) is 12.8 Å². The fourth-order valence-corrected chi connectivity index (χ4v) is 3.84. The van der Waals surface area contributed by atoms with Gasteiger partial charge in [-0.25, -0.2) is 4.98 Å². The van der Waals surface area contributed by atoms with Gasteiger partial charge in [0.25, 0.3) is 0 Å². The molecule has 1 saturated carbocycles. The van der Waals surface area contributed by atoms with Gasteiger partial charge in [0.2, 0.25) is 0 Å². The van der Waals surface area contributed by atoms with Gasteiger partial charge in [0.15, 0.2) is 0 Å². The third-order valence-corrected chi connectivity index (χ3v) is 4.73. The molecule has 0 bridgehead atoms. The minimum Gasteiger partial charge on any atom is -0.353 e. The summed E-state index contributed by atoms with van der Waals surface area (Å²) < 4.78 is 1.09. The Bertz CT molecular complexity index is 422. The Morgan fingerprint density at radius 3 is 2.79 bits per heavy atom. The molecule has 1 fully saturated rings. The number of rotatable bonds is 4. The summed E-state index contributed by atoms with van der Waals surface area (Å²) >= 11 is 3.66. The minimum atomic E-state index is 0.537. The second-order valence-electron chi connectivity index (χ2n) is 5.45. The van der Waals surface area contributed by atoms with Crippen LogP contribution >= 0.6 is 15.9 Å². The van der Waals surface area contributed by atoms with Gasteiger partial charge in [-0.1, -0.05) is 12.8 Å². The van der Waals surface area contributed by atoms with Crippen LogP contribution < -0.4 is 10.6 Å². The van der Waals surface area contributed by atoms with E-state index in [-0.39, 0.29) is 0 Å². The number of nitrogens with two attached hydrogens (primary N) is 1. The van der Waals surface area contributed by atoms with Crippen molar-refractivity contribution >= 4 is 21.7 Å². The lowest BCUT2D eigenvalue weighted by Crippen LogP contribution is -2.45. The van der Waals surface area contributed by atoms with Crippen molar-refractivity contribution in [1.82, 2.24) is 4.98 Å². The molecule has 1 aliphatic carbocycles. The van der Waals surface area contributed by atoms with Crippen molar-refractivity contribution < 1.29 is 0 Å². The zero-order chi connectivity index (χ0) is 13.8. The number of hydrogen-bond donors (Lipinski definition) is 1. The van der Waals surface area contributed by atoms with Crippen LogP contribution in [-0.4, -0.2) is 24.1 Å². The number of halogens is 1. The quantitative estimate of drug-likeness (QED) is 0.921. The van der Waals surface area contributed by atoms with Gasteiger partial charge in [-0.3, -0.25) is 0 Å². The summed E-state index contributed by atoms with van der Waals surface area (Å²) in [6.45, 7) is 6.04. The first-order chi connectivity index (χ1) is 9.17. The third kappa shape index (κ3) is 3.29. The van der Waals surface area contributed by atoms with Crippen LogP contribution in [0.4, 0.5) is 5.82 Å². The zero-order valence-corrected chi connectivity index (χ0v) is 13.5. The van der Waals surface area contributed by atoms with Crippen LogP contribution in [0.1, 0.15) is 38.2 Å². The van der Waals surface area contributed by atoms with E-state index in [1.807, 2.05) is 6.20 Å². The number of anilines is 1. The Morgan fingerprint density at radius 2 is 2.16 bits per heavy atom. The van der Waals surface area contributed by atoms with Gasteiger partial charge in [0.1, 0.15) is 5.82 Å². The summed E-state index contributed by atoms with van der Waals surface area (Å²) in [4.78, 5) is 7.06. The molecule has 0 saturated heterocycles. The van der Waals surface area contributed by atoms with Gasteiger partial charge in [-0.05, 0) is 66.7 Å². The molecular weight excluding hydrogens is 302 g/mol. The highest BCUT2D eigenvalue weighted by atomic mass is 79.9. The van der Waals surface area contributed by atoms with Crippen molar-refractivity contribution in [2.75, 3.05) is 18.0 Å². The zero-order valence-electron chi connectivity index (χ0n) is 11.9. The molecule has 2 unspecified atom stereocenters. The van der Waals surface area contributed by atoms with Gasteiger partial charge in [-0.2, -0.15) is 0 Å². The van der Waals surface area contributed by atoms with Crippen molar-refractivity contribution in [2.45, 2.75) is 45.6 Å². The molecule has 3 nitrogen and oxygen atoms in total. The van der Waals surface area contributed by atoms with E-state index < -0.39 is 0 Å². The van der Waals surface area contributed by atoms with Crippen molar-refractivity contribution in [3.8, 4) is 0 Å². The Hall–Kier alpha value is -0.610. The van der Waals surface area contributed by atoms with Gasteiger partial charge < -0.3 is 10.6 Å². The first kappa shape index (κ1) is 14.8. The Kier molecular flexibility index (Phi) is 5.22. The second kappa shape index (κ2) is 6.71. The third-order valence-electron chi connectivity index (χ3n) is 4.14. The molecule has 0 aliphatic heterocycles. The van der Waals surface area contributed by atoms with Crippen LogP contribution in [0.5, 0.6) is 0 Å². The predicted molar refractivity (Wildman–Crippen MR) is 84.5 cm³/mol. The Labute approximate surface area is 124 Å². The molecule has 4 heteroatoms. The van der Waals surface area contributed by atoms with E-state index in [4.69, 9.17) is 5.73 Å². The van der Waals surface area contributed by atoms with E-state index in [9.17, 15) is 0 Å². The average molecular weight is 326 g/mol. The monoisotopic (exact) mass is 325 g/mol. The van der Waals surface area contributed by atoms with Crippen LogP contribution in [0.2, 0.25) is 0 Å². The first-order valence-corrected chi connectivity index (χ1v) is 8.05. The van der Waals surface area contributed by atoms with Crippen molar-refractivity contribution in [2.24, 2.45) is 11.7 Å². The molecule has 0 radical (unpaired) electrons.